The van der Waals surface area contributed by atoms with Crippen molar-refractivity contribution in [1.29, 1.82) is 0 Å². The van der Waals surface area contributed by atoms with Gasteiger partial charge in [0.05, 0.1) is 7.11 Å². The first-order valence-corrected chi connectivity index (χ1v) is 7.83. The average molecular weight is 355 g/mol. The van der Waals surface area contributed by atoms with Crippen LogP contribution in [0.25, 0.3) is 5.57 Å². The van der Waals surface area contributed by atoms with Gasteiger partial charge < -0.3 is 24.7 Å². The average Bonchev–Trinajstić information content (AvgIpc) is 3.02. The number of benzene rings is 1. The van der Waals surface area contributed by atoms with Crippen LogP contribution >= 0.6 is 0 Å². The number of methoxy groups -OCH3 is 1. The quantitative estimate of drug-likeness (QED) is 0.551. The molecule has 0 bridgehead atoms. The summed E-state index contributed by atoms with van der Waals surface area (Å²) < 4.78 is 15.9. The van der Waals surface area contributed by atoms with E-state index in [0.29, 0.717) is 22.8 Å². The standard InChI is InChI=1S/C20H21NO5/c1-13(4-7-18(11-21)24-3)15-5-8-17(9-6-15)25-12-16-10-19(20(22)23)26-14(16)2/h4-11H,1,12,21H2,2-3H3,(H,22,23)/b7-4-,18-11+. The fraction of sp³-hybridized carbons (Fsp3) is 0.150. The molecule has 136 valence electrons. The van der Waals surface area contributed by atoms with Crippen molar-refractivity contribution in [2.45, 2.75) is 13.5 Å². The molecule has 0 amide bonds. The van der Waals surface area contributed by atoms with Crippen molar-refractivity contribution in [2.75, 3.05) is 7.11 Å². The maximum Gasteiger partial charge on any atom is 0.371 e. The molecule has 6 heteroatoms. The number of ether oxygens (including phenoxy) is 2. The van der Waals surface area contributed by atoms with Crippen molar-refractivity contribution in [2.24, 2.45) is 5.73 Å². The lowest BCUT2D eigenvalue weighted by molar-refractivity contribution is 0.0661. The predicted octanol–water partition coefficient (Wildman–Crippen LogP) is 3.88. The molecule has 0 radical (unpaired) electrons. The van der Waals surface area contributed by atoms with Crippen LogP contribution in [0.1, 0.15) is 27.4 Å². The highest BCUT2D eigenvalue weighted by Crippen LogP contribution is 2.21. The van der Waals surface area contributed by atoms with Gasteiger partial charge in [-0.25, -0.2) is 4.79 Å². The second-order valence-corrected chi connectivity index (χ2v) is 5.44. The van der Waals surface area contributed by atoms with Crippen LogP contribution in [0.3, 0.4) is 0 Å². The second-order valence-electron chi connectivity index (χ2n) is 5.44. The van der Waals surface area contributed by atoms with Crippen LogP contribution in [0.4, 0.5) is 0 Å². The summed E-state index contributed by atoms with van der Waals surface area (Å²) in [6, 6.07) is 8.86. The molecule has 2 aromatic rings. The van der Waals surface area contributed by atoms with Gasteiger partial charge in [0.2, 0.25) is 5.76 Å². The number of carboxylic acid groups (broad SMARTS) is 1. The lowest BCUT2D eigenvalue weighted by Gasteiger charge is -2.07. The van der Waals surface area contributed by atoms with Gasteiger partial charge in [-0.05, 0) is 42.3 Å². The number of aryl methyl sites for hydroxylation is 1. The molecular formula is C20H21NO5. The molecule has 0 spiro atoms. The van der Waals surface area contributed by atoms with Gasteiger partial charge in [-0.15, -0.1) is 0 Å². The fourth-order valence-corrected chi connectivity index (χ4v) is 2.17. The molecule has 0 fully saturated rings. The summed E-state index contributed by atoms with van der Waals surface area (Å²) in [4.78, 5) is 10.9. The van der Waals surface area contributed by atoms with E-state index in [1.807, 2.05) is 24.3 Å². The fourth-order valence-electron chi connectivity index (χ4n) is 2.17. The third-order valence-electron chi connectivity index (χ3n) is 3.70. The predicted molar refractivity (Wildman–Crippen MR) is 98.6 cm³/mol. The molecule has 0 aliphatic carbocycles. The molecule has 1 aromatic heterocycles. The van der Waals surface area contributed by atoms with Gasteiger partial charge in [-0.3, -0.25) is 0 Å². The molecule has 2 rings (SSSR count). The molecule has 0 aliphatic rings. The summed E-state index contributed by atoms with van der Waals surface area (Å²) in [6.07, 6.45) is 4.91. The van der Waals surface area contributed by atoms with E-state index in [0.717, 1.165) is 11.1 Å². The highest BCUT2D eigenvalue weighted by molar-refractivity contribution is 5.84. The molecule has 3 N–H and O–H groups in total. The lowest BCUT2D eigenvalue weighted by Crippen LogP contribution is -1.96. The minimum atomic E-state index is -1.10. The third-order valence-corrected chi connectivity index (χ3v) is 3.70. The van der Waals surface area contributed by atoms with Crippen LogP contribution in [0.15, 0.2) is 65.4 Å². The van der Waals surface area contributed by atoms with Gasteiger partial charge in [0.1, 0.15) is 23.9 Å². The monoisotopic (exact) mass is 355 g/mol. The second kappa shape index (κ2) is 8.62. The van der Waals surface area contributed by atoms with Crippen molar-refractivity contribution in [3.8, 4) is 5.75 Å². The largest absolute Gasteiger partial charge is 0.495 e. The molecule has 0 saturated heterocycles. The van der Waals surface area contributed by atoms with Crippen molar-refractivity contribution in [1.82, 2.24) is 0 Å². The van der Waals surface area contributed by atoms with Gasteiger partial charge >= 0.3 is 5.97 Å². The van der Waals surface area contributed by atoms with Crippen molar-refractivity contribution in [3.63, 3.8) is 0 Å². The Morgan fingerprint density at radius 2 is 2.00 bits per heavy atom. The Balaban J connectivity index is 1.99. The zero-order chi connectivity index (χ0) is 19.1. The zero-order valence-electron chi connectivity index (χ0n) is 14.7. The minimum Gasteiger partial charge on any atom is -0.495 e. The van der Waals surface area contributed by atoms with Crippen LogP contribution in [0, 0.1) is 6.92 Å². The van der Waals surface area contributed by atoms with Crippen LogP contribution in [-0.4, -0.2) is 18.2 Å². The van der Waals surface area contributed by atoms with Crippen LogP contribution in [0.2, 0.25) is 0 Å². The lowest BCUT2D eigenvalue weighted by atomic mass is 10.1. The molecule has 0 saturated carbocycles. The SMILES string of the molecule is C=C(/C=C\C(=C/N)OC)c1ccc(OCc2cc(C(=O)O)oc2C)cc1. The van der Waals surface area contributed by atoms with E-state index >= 15 is 0 Å². The maximum atomic E-state index is 10.9. The van der Waals surface area contributed by atoms with E-state index < -0.39 is 5.97 Å². The Labute approximate surface area is 151 Å². The van der Waals surface area contributed by atoms with Gasteiger partial charge in [-0.2, -0.15) is 0 Å². The van der Waals surface area contributed by atoms with E-state index in [9.17, 15) is 4.79 Å². The summed E-state index contributed by atoms with van der Waals surface area (Å²) in [5, 5.41) is 8.93. The van der Waals surface area contributed by atoms with Crippen molar-refractivity contribution < 1.29 is 23.8 Å². The van der Waals surface area contributed by atoms with Gasteiger partial charge in [0.15, 0.2) is 0 Å². The molecule has 6 nitrogen and oxygen atoms in total. The maximum absolute atomic E-state index is 10.9. The molecule has 26 heavy (non-hydrogen) atoms. The van der Waals surface area contributed by atoms with Gasteiger partial charge in [-0.1, -0.05) is 24.8 Å². The van der Waals surface area contributed by atoms with E-state index in [-0.39, 0.29) is 12.4 Å². The van der Waals surface area contributed by atoms with Gasteiger partial charge in [0, 0.05) is 11.8 Å². The third kappa shape index (κ3) is 4.80. The highest BCUT2D eigenvalue weighted by atomic mass is 16.5. The highest BCUT2D eigenvalue weighted by Gasteiger charge is 2.13. The van der Waals surface area contributed by atoms with E-state index in [2.05, 4.69) is 6.58 Å². The Morgan fingerprint density at radius 1 is 1.31 bits per heavy atom. The first kappa shape index (κ1) is 18.9. The number of hydrogen-bond acceptors (Lipinski definition) is 5. The minimum absolute atomic E-state index is 0.0958. The van der Waals surface area contributed by atoms with Crippen LogP contribution in [0.5, 0.6) is 5.75 Å². The number of nitrogens with two attached hydrogens (primary N) is 1. The Kier molecular flexibility index (Phi) is 6.27. The Bertz CT molecular complexity index is 844. The van der Waals surface area contributed by atoms with Crippen LogP contribution in [-0.2, 0) is 11.3 Å². The summed E-state index contributed by atoms with van der Waals surface area (Å²) in [5.74, 6) is 0.530. The topological polar surface area (TPSA) is 94.9 Å². The molecule has 0 unspecified atom stereocenters. The molecular weight excluding hydrogens is 334 g/mol. The first-order valence-electron chi connectivity index (χ1n) is 7.83. The van der Waals surface area contributed by atoms with E-state index in [4.69, 9.17) is 24.7 Å². The molecule has 0 atom stereocenters. The van der Waals surface area contributed by atoms with E-state index in [1.54, 1.807) is 26.2 Å². The number of carbonyl (C=O) groups is 1. The number of carboxylic acids is 1. The van der Waals surface area contributed by atoms with Crippen molar-refractivity contribution >= 4 is 11.5 Å². The number of hydrogen-bond donors (Lipinski definition) is 2. The zero-order valence-corrected chi connectivity index (χ0v) is 14.7. The normalized spacial score (nSPS) is 11.5. The summed E-state index contributed by atoms with van der Waals surface area (Å²) >= 11 is 0. The number of aromatic carboxylic acids is 1. The van der Waals surface area contributed by atoms with Crippen molar-refractivity contribution in [3.05, 3.63) is 83.7 Å². The Hall–Kier alpha value is -3.41. The number of rotatable bonds is 8. The van der Waals surface area contributed by atoms with Gasteiger partial charge in [0.25, 0.3) is 0 Å². The molecule has 1 heterocycles. The summed E-state index contributed by atoms with van der Waals surface area (Å²) in [7, 11) is 1.54. The Morgan fingerprint density at radius 3 is 2.54 bits per heavy atom. The molecule has 0 aliphatic heterocycles. The summed E-state index contributed by atoms with van der Waals surface area (Å²) in [6.45, 7) is 5.93. The number of allylic oxidation sites excluding steroid dienone is 3. The van der Waals surface area contributed by atoms with Crippen LogP contribution < -0.4 is 10.5 Å². The molecule has 1 aromatic carbocycles. The smallest absolute Gasteiger partial charge is 0.371 e. The first-order chi connectivity index (χ1) is 12.4. The summed E-state index contributed by atoms with van der Waals surface area (Å²) in [5.41, 5.74) is 7.83. The number of furan rings is 1. The van der Waals surface area contributed by atoms with E-state index in [1.165, 1.54) is 12.3 Å².